The highest BCUT2D eigenvalue weighted by atomic mass is 32.1. The molecule has 2 aromatic carbocycles. The number of carbonyl (C=O) groups is 15. The lowest BCUT2D eigenvalue weighted by atomic mass is 9.96. The van der Waals surface area contributed by atoms with Gasteiger partial charge in [-0.25, -0.2) is 0 Å². The first-order valence-corrected chi connectivity index (χ1v) is 37.2. The number of amides is 13. The first kappa shape index (κ1) is 95.4. The number of thiol groups is 2. The van der Waals surface area contributed by atoms with E-state index in [1.165, 1.54) is 0 Å². The molecule has 0 unspecified atom stereocenters. The van der Waals surface area contributed by atoms with Crippen LogP contribution in [0.1, 0.15) is 116 Å². The number of guanidine groups is 3. The standard InChI is InChI=1S/C69H111N23O16S2/c1-5-39(3)56(90-60(102)45(22-15-28-80-68(74)75)84-53(96)35-82-52(95)34-83-59(101)47(31-41-17-9-7-10-18-41)85-51(94)25-30-78-58(100)44(71)37-109)64(106)87-48(33-55(98)99)62(104)86-46(23-16-29-81-69(76)77)61(103)91-57(40(4)6-2)65(107)89-50(38-110)63(105)88-49(32-42-19-11-8-12-20-42)66(108)92(54(97)24-13-26-70)43(36-93)21-14-27-79-67(72)73/h7-12,17-20,36,39-40,43-50,56-57,109-110H,5-6,13-16,21-35,37-38,70-71H2,1-4H3,(H,78,100)(H,82,95)(H,83,101)(H,84,96)(H,85,94)(H,86,104)(H,87,106)(H,88,105)(H,89,107)(H,90,102)(H,91,103)(H,98,99)(H4,72,73,79)(H4,74,75,80)(H4,76,77,81)/t39-,40-,43-,44-,45-,46-,47-,48-,49-,50-,56-,57-/m0/s1. The third kappa shape index (κ3) is 36.9. The quantitative estimate of drug-likeness (QED) is 0.00963. The second-order valence-electron chi connectivity index (χ2n) is 25.8. The van der Waals surface area contributed by atoms with Crippen LogP contribution in [-0.4, -0.2) is 235 Å². The van der Waals surface area contributed by atoms with Crippen molar-refractivity contribution in [2.45, 2.75) is 178 Å². The molecule has 0 aliphatic rings. The lowest BCUT2D eigenvalue weighted by Gasteiger charge is -2.32. The fourth-order valence-electron chi connectivity index (χ4n) is 10.5. The lowest BCUT2D eigenvalue weighted by molar-refractivity contribution is -0.152. The Morgan fingerprint density at radius 2 is 0.918 bits per heavy atom. The van der Waals surface area contributed by atoms with Crippen molar-refractivity contribution in [3.8, 4) is 0 Å². The van der Waals surface area contributed by atoms with Gasteiger partial charge in [-0.15, -0.1) is 0 Å². The molecule has 39 nitrogen and oxygen atoms in total. The Hall–Kier alpha value is -10.7. The highest BCUT2D eigenvalue weighted by Crippen LogP contribution is 2.18. The number of carboxylic acid groups (broad SMARTS) is 1. The van der Waals surface area contributed by atoms with Crippen molar-refractivity contribution in [3.05, 3.63) is 71.8 Å². The zero-order chi connectivity index (χ0) is 82.4. The molecule has 0 aliphatic carbocycles. The monoisotopic (exact) mass is 1580 g/mol. The molecule has 0 spiro atoms. The summed E-state index contributed by atoms with van der Waals surface area (Å²) in [6.07, 6.45) is -1.09. The van der Waals surface area contributed by atoms with E-state index in [4.69, 9.17) is 45.9 Å². The van der Waals surface area contributed by atoms with Crippen LogP contribution in [0.2, 0.25) is 0 Å². The van der Waals surface area contributed by atoms with Crippen LogP contribution in [0.5, 0.6) is 0 Å². The van der Waals surface area contributed by atoms with Crippen molar-refractivity contribution in [1.29, 1.82) is 0 Å². The number of nitrogens with two attached hydrogens (primary N) is 8. The van der Waals surface area contributed by atoms with Gasteiger partial charge in [-0.2, -0.15) is 25.3 Å². The maximum Gasteiger partial charge on any atom is 0.305 e. The SMILES string of the molecule is CC[C@H](C)[C@H](NC(=O)[C@H](CCCN=C(N)N)NC(=O)CNC(=O)CNC(=O)[C@H](Cc1ccccc1)NC(=O)CCNC(=O)[C@@H](N)CS)C(=O)N[C@@H](CC(=O)O)C(=O)N[C@@H](CCCN=C(N)N)C(=O)N[C@H](C(=O)N[C@@H](CS)C(=O)N[C@@H](Cc1ccccc1)C(=O)N(C(=O)CCCN)[C@H](C=O)CCCN=C(N)N)[C@@H](C)CC. The Bertz CT molecular complexity index is 3460. The molecule has 13 amide bonds. The molecule has 41 heteroatoms. The number of carbonyl (C=O) groups excluding carboxylic acids is 14. The lowest BCUT2D eigenvalue weighted by Crippen LogP contribution is -2.62. The van der Waals surface area contributed by atoms with Crippen molar-refractivity contribution >= 4 is 132 Å². The Kier molecular flexibility index (Phi) is 45.4. The van der Waals surface area contributed by atoms with E-state index in [0.29, 0.717) is 17.4 Å². The number of aliphatic imine (C=N–C) groups is 3. The van der Waals surface area contributed by atoms with Crippen molar-refractivity contribution in [3.63, 3.8) is 0 Å². The molecule has 12 atom stereocenters. The maximum absolute atomic E-state index is 14.7. The molecule has 0 heterocycles. The van der Waals surface area contributed by atoms with Gasteiger partial charge in [-0.05, 0) is 74.5 Å². The predicted molar refractivity (Wildman–Crippen MR) is 416 cm³/mol. The highest BCUT2D eigenvalue weighted by Gasteiger charge is 2.39. The van der Waals surface area contributed by atoms with E-state index in [1.54, 1.807) is 88.4 Å². The third-order valence-corrected chi connectivity index (χ3v) is 17.8. The fraction of sp³-hybridized carbons (Fsp3) is 0.565. The average Bonchev–Trinajstić information content (AvgIpc) is 0.826. The molecular formula is C69H111N23O16S2. The van der Waals surface area contributed by atoms with Crippen molar-refractivity contribution in [2.24, 2.45) is 72.7 Å². The zero-order valence-corrected chi connectivity index (χ0v) is 64.2. The number of carboxylic acids is 1. The second kappa shape index (κ2) is 52.4. The maximum atomic E-state index is 14.7. The van der Waals surface area contributed by atoms with E-state index in [9.17, 15) is 77.0 Å². The van der Waals surface area contributed by atoms with Crippen LogP contribution < -0.4 is 104 Å². The minimum Gasteiger partial charge on any atom is -0.481 e. The molecule has 0 saturated heterocycles. The first-order valence-electron chi connectivity index (χ1n) is 35.9. The second-order valence-corrected chi connectivity index (χ2v) is 26.5. The largest absolute Gasteiger partial charge is 0.481 e. The number of aliphatic carboxylic acids is 1. The van der Waals surface area contributed by atoms with Crippen LogP contribution in [0, 0.1) is 11.8 Å². The number of hydrogen-bond acceptors (Lipinski definition) is 22. The van der Waals surface area contributed by atoms with Crippen LogP contribution in [0.3, 0.4) is 0 Å². The van der Waals surface area contributed by atoms with Gasteiger partial charge in [0.15, 0.2) is 17.9 Å². The smallest absolute Gasteiger partial charge is 0.305 e. The molecule has 2 rings (SSSR count). The number of nitrogens with one attached hydrogen (secondary N) is 11. The predicted octanol–water partition coefficient (Wildman–Crippen LogP) is -6.33. The molecule has 0 bridgehead atoms. The van der Waals surface area contributed by atoms with Crippen LogP contribution in [0.15, 0.2) is 75.6 Å². The zero-order valence-electron chi connectivity index (χ0n) is 62.4. The van der Waals surface area contributed by atoms with Gasteiger partial charge in [0.2, 0.25) is 70.9 Å². The summed E-state index contributed by atoms with van der Waals surface area (Å²) in [5, 5.41) is 37.7. The molecule has 28 N–H and O–H groups in total. The van der Waals surface area contributed by atoms with Gasteiger partial charge in [0.25, 0.3) is 5.91 Å². The van der Waals surface area contributed by atoms with Gasteiger partial charge in [0.05, 0.1) is 31.6 Å². The summed E-state index contributed by atoms with van der Waals surface area (Å²) in [6, 6.07) is 2.36. The molecule has 0 aromatic heterocycles. The van der Waals surface area contributed by atoms with E-state index in [-0.39, 0.29) is 140 Å². The molecular weight excluding hydrogens is 1470 g/mol. The van der Waals surface area contributed by atoms with Crippen molar-refractivity contribution in [2.75, 3.05) is 57.3 Å². The van der Waals surface area contributed by atoms with Gasteiger partial charge in [-0.1, -0.05) is 101 Å². The van der Waals surface area contributed by atoms with Crippen molar-refractivity contribution < 1.29 is 77.0 Å². The molecule has 0 saturated carbocycles. The normalized spacial score (nSPS) is 14.1. The van der Waals surface area contributed by atoms with Crippen LogP contribution >= 0.6 is 25.3 Å². The highest BCUT2D eigenvalue weighted by molar-refractivity contribution is 7.80. The fourth-order valence-corrected chi connectivity index (χ4v) is 11.0. The molecule has 0 fully saturated rings. The number of hydrogen-bond donors (Lipinski definition) is 22. The Morgan fingerprint density at radius 3 is 1.38 bits per heavy atom. The van der Waals surface area contributed by atoms with Gasteiger partial charge in [0, 0.05) is 63.4 Å². The number of rotatable bonds is 53. The summed E-state index contributed by atoms with van der Waals surface area (Å²) >= 11 is 8.33. The van der Waals surface area contributed by atoms with E-state index in [2.05, 4.69) is 98.7 Å². The Labute approximate surface area is 649 Å². The van der Waals surface area contributed by atoms with Crippen LogP contribution in [0.25, 0.3) is 0 Å². The summed E-state index contributed by atoms with van der Waals surface area (Å²) in [5.41, 5.74) is 45.7. The molecule has 2 aromatic rings. The van der Waals surface area contributed by atoms with Gasteiger partial charge in [0.1, 0.15) is 54.6 Å². The summed E-state index contributed by atoms with van der Waals surface area (Å²) in [6.45, 7) is 4.92. The van der Waals surface area contributed by atoms with Crippen LogP contribution in [-0.2, 0) is 84.8 Å². The molecule has 610 valence electrons. The Morgan fingerprint density at radius 1 is 0.482 bits per heavy atom. The Balaban J connectivity index is 2.46. The number of imide groups is 1. The van der Waals surface area contributed by atoms with Gasteiger partial charge < -0.3 is 114 Å². The summed E-state index contributed by atoms with van der Waals surface area (Å²) < 4.78 is 0. The van der Waals surface area contributed by atoms with Gasteiger partial charge >= 0.3 is 5.97 Å². The molecule has 110 heavy (non-hydrogen) atoms. The summed E-state index contributed by atoms with van der Waals surface area (Å²) in [4.78, 5) is 218. The topological polar surface area (TPSA) is 657 Å². The first-order chi connectivity index (χ1) is 52.2. The molecule has 0 radical (unpaired) electrons. The number of benzene rings is 2. The van der Waals surface area contributed by atoms with Crippen LogP contribution in [0.4, 0.5) is 0 Å². The number of aldehydes is 1. The summed E-state index contributed by atoms with van der Waals surface area (Å²) in [7, 11) is 0. The van der Waals surface area contributed by atoms with E-state index >= 15 is 0 Å². The van der Waals surface area contributed by atoms with Crippen molar-refractivity contribution in [1.82, 2.24) is 63.4 Å². The third-order valence-electron chi connectivity index (χ3n) is 17.0. The van der Waals surface area contributed by atoms with E-state index < -0.39 is 180 Å². The van der Waals surface area contributed by atoms with Gasteiger partial charge in [-0.3, -0.25) is 87.0 Å². The average molecular weight is 1580 g/mol. The number of nitrogens with zero attached hydrogens (tertiary/aromatic N) is 4. The minimum absolute atomic E-state index is 0.00175. The summed E-state index contributed by atoms with van der Waals surface area (Å²) in [5.74, 6) is -15.9. The van der Waals surface area contributed by atoms with E-state index in [0.717, 1.165) is 4.90 Å². The molecule has 0 aliphatic heterocycles. The minimum atomic E-state index is -1.97. The van der Waals surface area contributed by atoms with E-state index in [1.807, 2.05) is 0 Å².